The van der Waals surface area contributed by atoms with Crippen molar-refractivity contribution in [2.75, 3.05) is 17.2 Å². The van der Waals surface area contributed by atoms with E-state index in [0.717, 1.165) is 12.2 Å². The Hall–Kier alpha value is -1.80. The highest BCUT2D eigenvalue weighted by Gasteiger charge is 2.36. The Morgan fingerprint density at radius 3 is 2.87 bits per heavy atom. The number of aliphatic hydroxyl groups excluding tert-OH is 1. The molecule has 0 aliphatic carbocycles. The first-order valence-electron chi connectivity index (χ1n) is 7.32. The van der Waals surface area contributed by atoms with Crippen molar-refractivity contribution in [1.29, 1.82) is 0 Å². The van der Waals surface area contributed by atoms with Crippen molar-refractivity contribution >= 4 is 29.4 Å². The Balaban J connectivity index is 1.79. The molecule has 0 aromatic heterocycles. The van der Waals surface area contributed by atoms with E-state index in [9.17, 15) is 19.1 Å². The van der Waals surface area contributed by atoms with Gasteiger partial charge in [0.2, 0.25) is 0 Å². The van der Waals surface area contributed by atoms with Crippen LogP contribution in [0.15, 0.2) is 18.2 Å². The first kappa shape index (κ1) is 16.1. The van der Waals surface area contributed by atoms with E-state index in [1.165, 1.54) is 22.7 Å². The van der Waals surface area contributed by atoms with Gasteiger partial charge in [0.15, 0.2) is 6.10 Å². The monoisotopic (exact) mass is 340 g/mol. The summed E-state index contributed by atoms with van der Waals surface area (Å²) in [6.07, 6.45) is -0.426. The maximum atomic E-state index is 14.4. The molecular weight excluding hydrogens is 323 g/mol. The average Bonchev–Trinajstić information content (AvgIpc) is 2.89. The Morgan fingerprint density at radius 1 is 1.48 bits per heavy atom. The Labute approximate surface area is 136 Å². The molecule has 2 saturated heterocycles. The third-order valence-electron chi connectivity index (χ3n) is 4.13. The van der Waals surface area contributed by atoms with Gasteiger partial charge in [-0.1, -0.05) is 6.07 Å². The summed E-state index contributed by atoms with van der Waals surface area (Å²) in [6.45, 7) is -0.0221. The lowest BCUT2D eigenvalue weighted by molar-refractivity contribution is -0.124. The summed E-state index contributed by atoms with van der Waals surface area (Å²) in [5, 5.41) is 9.70. The summed E-state index contributed by atoms with van der Waals surface area (Å²) >= 11 is 1.47. The van der Waals surface area contributed by atoms with Crippen molar-refractivity contribution in [2.24, 2.45) is 5.73 Å². The van der Waals surface area contributed by atoms with Crippen LogP contribution in [0.3, 0.4) is 0 Å². The van der Waals surface area contributed by atoms with Gasteiger partial charge < -0.3 is 15.6 Å². The first-order chi connectivity index (χ1) is 11.0. The van der Waals surface area contributed by atoms with Gasteiger partial charge in [0.05, 0.1) is 17.7 Å². The number of amides is 2. The smallest absolute Gasteiger partial charge is 0.415 e. The van der Waals surface area contributed by atoms with Gasteiger partial charge in [-0.05, 0) is 42.2 Å². The van der Waals surface area contributed by atoms with Crippen LogP contribution >= 0.6 is 11.8 Å². The van der Waals surface area contributed by atoms with E-state index in [4.69, 9.17) is 10.5 Å². The maximum Gasteiger partial charge on any atom is 0.415 e. The molecule has 2 aliphatic rings. The highest BCUT2D eigenvalue weighted by atomic mass is 32.2. The number of cyclic esters (lactones) is 1. The second-order valence-corrected chi connectivity index (χ2v) is 6.92. The third kappa shape index (κ3) is 3.28. The summed E-state index contributed by atoms with van der Waals surface area (Å²) in [6, 6.07) is 4.51. The molecule has 3 N–H and O–H groups in total. The number of benzene rings is 1. The Morgan fingerprint density at radius 2 is 2.26 bits per heavy atom. The van der Waals surface area contributed by atoms with Gasteiger partial charge in [-0.25, -0.2) is 9.18 Å². The topological polar surface area (TPSA) is 92.9 Å². The zero-order valence-electron chi connectivity index (χ0n) is 12.3. The van der Waals surface area contributed by atoms with Crippen molar-refractivity contribution < 1.29 is 23.8 Å². The largest absolute Gasteiger partial charge is 0.434 e. The van der Waals surface area contributed by atoms with E-state index >= 15 is 0 Å². The maximum absolute atomic E-state index is 14.4. The second kappa shape index (κ2) is 6.37. The number of primary amides is 1. The van der Waals surface area contributed by atoms with Crippen LogP contribution in [0, 0.1) is 5.82 Å². The fourth-order valence-electron chi connectivity index (χ4n) is 2.89. The molecule has 2 heterocycles. The summed E-state index contributed by atoms with van der Waals surface area (Å²) in [5.74, 6) is -0.413. The van der Waals surface area contributed by atoms with E-state index in [-0.39, 0.29) is 12.5 Å². The number of carbonyl (C=O) groups is 2. The molecule has 1 aromatic rings. The van der Waals surface area contributed by atoms with Gasteiger partial charge >= 0.3 is 6.09 Å². The number of carbonyl (C=O) groups excluding carboxylic acids is 2. The molecule has 8 heteroatoms. The van der Waals surface area contributed by atoms with Gasteiger partial charge in [0.1, 0.15) is 5.82 Å². The van der Waals surface area contributed by atoms with Crippen LogP contribution in [0.5, 0.6) is 0 Å². The standard InChI is InChI=1S/C15H17FN2O4S/c16-11-6-9(18-7-12(14(17)20)22-15(18)21)1-2-10(11)8-3-4-23-13(19)5-8/h1-2,6,8,12-13,19H,3-5,7H2,(H2,17,20)/t8-,12-,13-/m1/s1. The lowest BCUT2D eigenvalue weighted by Crippen LogP contribution is -2.32. The molecule has 2 amide bonds. The first-order valence-corrected chi connectivity index (χ1v) is 8.37. The van der Waals surface area contributed by atoms with Crippen molar-refractivity contribution in [1.82, 2.24) is 0 Å². The number of hydrogen-bond acceptors (Lipinski definition) is 5. The molecule has 0 unspecified atom stereocenters. The van der Waals surface area contributed by atoms with Crippen LogP contribution in [0.2, 0.25) is 0 Å². The molecule has 0 saturated carbocycles. The number of halogens is 1. The van der Waals surface area contributed by atoms with Crippen LogP contribution in [-0.4, -0.2) is 40.9 Å². The van der Waals surface area contributed by atoms with E-state index in [1.54, 1.807) is 12.1 Å². The van der Waals surface area contributed by atoms with Gasteiger partial charge in [-0.15, -0.1) is 11.8 Å². The summed E-state index contributed by atoms with van der Waals surface area (Å²) in [7, 11) is 0. The number of nitrogens with two attached hydrogens (primary N) is 1. The third-order valence-corrected chi connectivity index (χ3v) is 5.18. The van der Waals surface area contributed by atoms with Crippen molar-refractivity contribution in [2.45, 2.75) is 30.3 Å². The Bertz CT molecular complexity index is 642. The molecule has 3 rings (SSSR count). The number of anilines is 1. The molecule has 23 heavy (non-hydrogen) atoms. The van der Waals surface area contributed by atoms with Crippen LogP contribution < -0.4 is 10.6 Å². The zero-order chi connectivity index (χ0) is 16.6. The fraction of sp³-hybridized carbons (Fsp3) is 0.467. The summed E-state index contributed by atoms with van der Waals surface area (Å²) in [5.41, 5.74) is 5.51. The normalized spacial score (nSPS) is 27.8. The predicted octanol–water partition coefficient (Wildman–Crippen LogP) is 1.57. The molecule has 124 valence electrons. The Kier molecular flexibility index (Phi) is 4.45. The minimum Gasteiger partial charge on any atom is -0.434 e. The van der Waals surface area contributed by atoms with E-state index in [1.807, 2.05) is 0 Å². The highest BCUT2D eigenvalue weighted by Crippen LogP contribution is 2.37. The highest BCUT2D eigenvalue weighted by molar-refractivity contribution is 7.99. The average molecular weight is 340 g/mol. The van der Waals surface area contributed by atoms with Gasteiger partial charge in [0.25, 0.3) is 5.91 Å². The number of ether oxygens (including phenoxy) is 1. The van der Waals surface area contributed by atoms with E-state index in [2.05, 4.69) is 0 Å². The number of hydrogen-bond donors (Lipinski definition) is 2. The lowest BCUT2D eigenvalue weighted by Gasteiger charge is -2.26. The molecule has 2 fully saturated rings. The minimum absolute atomic E-state index is 0.0221. The van der Waals surface area contributed by atoms with Crippen LogP contribution in [0.4, 0.5) is 14.9 Å². The summed E-state index contributed by atoms with van der Waals surface area (Å²) < 4.78 is 19.3. The number of rotatable bonds is 3. The molecule has 6 nitrogen and oxygen atoms in total. The molecule has 0 radical (unpaired) electrons. The van der Waals surface area contributed by atoms with Crippen LogP contribution in [0.25, 0.3) is 0 Å². The quantitative estimate of drug-likeness (QED) is 0.871. The SMILES string of the molecule is NC(=O)[C@H]1CN(c2ccc([C@@H]3CCS[C@@H](O)C3)c(F)c2)C(=O)O1. The minimum atomic E-state index is -1.02. The van der Waals surface area contributed by atoms with Gasteiger partial charge in [-0.2, -0.15) is 0 Å². The van der Waals surface area contributed by atoms with Gasteiger partial charge in [0, 0.05) is 0 Å². The number of aliphatic hydroxyl groups is 1. The van der Waals surface area contributed by atoms with E-state index < -0.39 is 29.4 Å². The molecule has 3 atom stereocenters. The predicted molar refractivity (Wildman–Crippen MR) is 83.6 cm³/mol. The lowest BCUT2D eigenvalue weighted by atomic mass is 9.92. The van der Waals surface area contributed by atoms with Crippen LogP contribution in [0.1, 0.15) is 24.3 Å². The van der Waals surface area contributed by atoms with Crippen molar-refractivity contribution in [3.63, 3.8) is 0 Å². The van der Waals surface area contributed by atoms with E-state index in [0.29, 0.717) is 17.7 Å². The molecule has 1 aromatic carbocycles. The number of nitrogens with zero attached hydrogens (tertiary/aromatic N) is 1. The zero-order valence-corrected chi connectivity index (χ0v) is 13.1. The van der Waals surface area contributed by atoms with Gasteiger partial charge in [-0.3, -0.25) is 9.69 Å². The van der Waals surface area contributed by atoms with Crippen molar-refractivity contribution in [3.05, 3.63) is 29.6 Å². The fourth-order valence-corrected chi connectivity index (χ4v) is 3.96. The van der Waals surface area contributed by atoms with Crippen molar-refractivity contribution in [3.8, 4) is 0 Å². The summed E-state index contributed by atoms with van der Waals surface area (Å²) in [4.78, 5) is 24.1. The second-order valence-electron chi connectivity index (χ2n) is 5.64. The molecule has 2 aliphatic heterocycles. The molecular formula is C15H17FN2O4S. The number of thioether (sulfide) groups is 1. The molecule has 0 spiro atoms. The van der Waals surface area contributed by atoms with Crippen LogP contribution in [-0.2, 0) is 9.53 Å². The molecule has 0 bridgehead atoms.